The number of halogens is 2. The number of carbonyl (C=O) groups is 1. The van der Waals surface area contributed by atoms with Gasteiger partial charge >= 0.3 is 5.69 Å². The van der Waals surface area contributed by atoms with Crippen LogP contribution in [0.15, 0.2) is 84.2 Å². The van der Waals surface area contributed by atoms with Gasteiger partial charge in [-0.1, -0.05) is 60.1 Å². The summed E-state index contributed by atoms with van der Waals surface area (Å²) in [4.78, 5) is 31.0. The van der Waals surface area contributed by atoms with Crippen molar-refractivity contribution in [2.75, 3.05) is 24.5 Å². The zero-order valence-electron chi connectivity index (χ0n) is 21.3. The molecule has 1 amide bonds. The third-order valence-corrected chi connectivity index (χ3v) is 7.94. The van der Waals surface area contributed by atoms with E-state index < -0.39 is 0 Å². The predicted molar refractivity (Wildman–Crippen MR) is 156 cm³/mol. The molecule has 0 bridgehead atoms. The Hall–Kier alpha value is -3.32. The van der Waals surface area contributed by atoms with E-state index in [0.29, 0.717) is 27.9 Å². The van der Waals surface area contributed by atoms with Crippen LogP contribution >= 0.6 is 23.2 Å². The summed E-state index contributed by atoms with van der Waals surface area (Å²) in [5.74, 6) is -0.0541. The number of allylic oxidation sites excluding steroid dienone is 1. The summed E-state index contributed by atoms with van der Waals surface area (Å²) in [6.45, 7) is 8.80. The summed E-state index contributed by atoms with van der Waals surface area (Å²) in [6, 6.07) is 22.5. The Bertz CT molecular complexity index is 1540. The summed E-state index contributed by atoms with van der Waals surface area (Å²) in [7, 11) is 0. The lowest BCUT2D eigenvalue weighted by molar-refractivity contribution is 0.0959. The second-order valence-corrected chi connectivity index (χ2v) is 10.5. The number of fused-ring (bicyclic) bond motifs is 1. The second kappa shape index (κ2) is 11.2. The Labute approximate surface area is 232 Å². The second-order valence-electron chi connectivity index (χ2n) is 9.71. The standard InChI is InChI=1S/C30H30Cl2N4O2/c1-21(2)35-28-11-7-6-10-27(28)34(30(35)38)19-18-33-16-14-23(15-17-33)36(24-12-13-25(31)26(32)20-24)29(37)22-8-4-3-5-9-22/h3-13,20,23H,1,14-19H2,2H3. The van der Waals surface area contributed by atoms with Gasteiger partial charge in [-0.15, -0.1) is 0 Å². The quantitative estimate of drug-likeness (QED) is 0.268. The van der Waals surface area contributed by atoms with Crippen LogP contribution in [-0.4, -0.2) is 45.6 Å². The highest BCUT2D eigenvalue weighted by atomic mass is 35.5. The molecule has 1 saturated heterocycles. The van der Waals surface area contributed by atoms with Crippen LogP contribution in [0.5, 0.6) is 0 Å². The van der Waals surface area contributed by atoms with E-state index in [1.807, 2.05) is 77.1 Å². The largest absolute Gasteiger partial charge is 0.333 e. The molecule has 1 aromatic heterocycles. The van der Waals surface area contributed by atoms with E-state index in [0.717, 1.165) is 49.2 Å². The van der Waals surface area contributed by atoms with Crippen molar-refractivity contribution in [3.05, 3.63) is 105 Å². The molecule has 196 valence electrons. The maximum atomic E-state index is 13.6. The van der Waals surface area contributed by atoms with Crippen molar-refractivity contribution in [2.45, 2.75) is 32.4 Å². The Morgan fingerprint density at radius 1 is 0.921 bits per heavy atom. The van der Waals surface area contributed by atoms with E-state index in [1.54, 1.807) is 16.7 Å². The van der Waals surface area contributed by atoms with Crippen LogP contribution in [0.1, 0.15) is 30.1 Å². The Kier molecular flexibility index (Phi) is 7.75. The molecule has 1 aliphatic rings. The fourth-order valence-electron chi connectivity index (χ4n) is 5.28. The van der Waals surface area contributed by atoms with Crippen LogP contribution in [0.4, 0.5) is 5.69 Å². The average molecular weight is 550 g/mol. The lowest BCUT2D eigenvalue weighted by Crippen LogP contribution is -2.48. The van der Waals surface area contributed by atoms with Gasteiger partial charge in [0.25, 0.3) is 5.91 Å². The fraction of sp³-hybridized carbons (Fsp3) is 0.267. The number of likely N-dealkylation sites (tertiary alicyclic amines) is 1. The summed E-state index contributed by atoms with van der Waals surface area (Å²) in [5, 5.41) is 0.882. The number of hydrogen-bond donors (Lipinski definition) is 0. The fourth-order valence-corrected chi connectivity index (χ4v) is 5.58. The van der Waals surface area contributed by atoms with Crippen molar-refractivity contribution in [3.8, 4) is 0 Å². The van der Waals surface area contributed by atoms with E-state index in [2.05, 4.69) is 11.5 Å². The van der Waals surface area contributed by atoms with Crippen LogP contribution in [0.3, 0.4) is 0 Å². The molecule has 8 heteroatoms. The third-order valence-electron chi connectivity index (χ3n) is 7.20. The number of carbonyl (C=O) groups excluding carboxylic acids is 1. The molecule has 5 rings (SSSR count). The number of amides is 1. The van der Waals surface area contributed by atoms with Crippen molar-refractivity contribution in [1.29, 1.82) is 0 Å². The van der Waals surface area contributed by atoms with Gasteiger partial charge in [-0.2, -0.15) is 0 Å². The molecule has 4 aromatic rings. The van der Waals surface area contributed by atoms with Gasteiger partial charge in [-0.05, 0) is 62.2 Å². The molecule has 0 aliphatic carbocycles. The van der Waals surface area contributed by atoms with Gasteiger partial charge in [0.15, 0.2) is 0 Å². The topological polar surface area (TPSA) is 50.5 Å². The van der Waals surface area contributed by atoms with E-state index in [-0.39, 0.29) is 17.6 Å². The zero-order chi connectivity index (χ0) is 26.8. The minimum Gasteiger partial charge on any atom is -0.305 e. The molecule has 38 heavy (non-hydrogen) atoms. The van der Waals surface area contributed by atoms with Crippen molar-refractivity contribution in [1.82, 2.24) is 14.0 Å². The molecule has 1 aliphatic heterocycles. The highest BCUT2D eigenvalue weighted by Crippen LogP contribution is 2.31. The van der Waals surface area contributed by atoms with Crippen molar-refractivity contribution in [2.24, 2.45) is 0 Å². The van der Waals surface area contributed by atoms with Crippen molar-refractivity contribution in [3.63, 3.8) is 0 Å². The lowest BCUT2D eigenvalue weighted by Gasteiger charge is -2.38. The molecule has 0 atom stereocenters. The van der Waals surface area contributed by atoms with Gasteiger partial charge in [-0.3, -0.25) is 13.9 Å². The monoisotopic (exact) mass is 548 g/mol. The minimum absolute atomic E-state index is 0.0178. The first-order valence-electron chi connectivity index (χ1n) is 12.8. The Morgan fingerprint density at radius 2 is 1.58 bits per heavy atom. The maximum absolute atomic E-state index is 13.6. The summed E-state index contributed by atoms with van der Waals surface area (Å²) >= 11 is 12.5. The van der Waals surface area contributed by atoms with Gasteiger partial charge in [0.2, 0.25) is 0 Å². The Balaban J connectivity index is 1.32. The number of aromatic nitrogens is 2. The molecule has 3 aromatic carbocycles. The molecule has 1 fully saturated rings. The number of piperidine rings is 1. The molecule has 0 radical (unpaired) electrons. The highest BCUT2D eigenvalue weighted by molar-refractivity contribution is 6.42. The lowest BCUT2D eigenvalue weighted by atomic mass is 10.0. The first-order chi connectivity index (χ1) is 18.3. The first-order valence-corrected chi connectivity index (χ1v) is 13.5. The van der Waals surface area contributed by atoms with Crippen molar-refractivity contribution < 1.29 is 4.79 Å². The average Bonchev–Trinajstić information content (AvgIpc) is 3.22. The van der Waals surface area contributed by atoms with Crippen molar-refractivity contribution >= 4 is 51.5 Å². The van der Waals surface area contributed by atoms with Crippen LogP contribution in [-0.2, 0) is 6.54 Å². The van der Waals surface area contributed by atoms with Crippen LogP contribution < -0.4 is 10.6 Å². The molecule has 6 nitrogen and oxygen atoms in total. The SMILES string of the molecule is C=C(C)n1c(=O)n(CCN2CCC(N(C(=O)c3ccccc3)c3ccc(Cl)c(Cl)c3)CC2)c2ccccc21. The third kappa shape index (κ3) is 5.17. The number of hydrogen-bond acceptors (Lipinski definition) is 3. The number of imidazole rings is 1. The number of nitrogens with zero attached hydrogens (tertiary/aromatic N) is 4. The molecule has 0 unspecified atom stereocenters. The van der Waals surface area contributed by atoms with Gasteiger partial charge in [0.05, 0.1) is 21.1 Å². The first kappa shape index (κ1) is 26.3. The van der Waals surface area contributed by atoms with Gasteiger partial charge in [-0.25, -0.2) is 4.79 Å². The molecule has 2 heterocycles. The number of rotatable bonds is 7. The van der Waals surface area contributed by atoms with E-state index in [9.17, 15) is 9.59 Å². The summed E-state index contributed by atoms with van der Waals surface area (Å²) in [6.07, 6.45) is 1.61. The van der Waals surface area contributed by atoms with Crippen LogP contribution in [0.2, 0.25) is 10.0 Å². The molecule has 0 N–H and O–H groups in total. The van der Waals surface area contributed by atoms with Crippen LogP contribution in [0.25, 0.3) is 16.7 Å². The van der Waals surface area contributed by atoms with Gasteiger partial charge in [0.1, 0.15) is 0 Å². The Morgan fingerprint density at radius 3 is 2.24 bits per heavy atom. The van der Waals surface area contributed by atoms with E-state index >= 15 is 0 Å². The predicted octanol–water partition coefficient (Wildman–Crippen LogP) is 6.41. The summed E-state index contributed by atoms with van der Waals surface area (Å²) in [5.41, 5.74) is 3.80. The highest BCUT2D eigenvalue weighted by Gasteiger charge is 2.30. The molecular formula is C30H30Cl2N4O2. The van der Waals surface area contributed by atoms with Crippen LogP contribution in [0, 0.1) is 0 Å². The van der Waals surface area contributed by atoms with Gasteiger partial charge < -0.3 is 9.80 Å². The van der Waals surface area contributed by atoms with E-state index in [1.165, 1.54) is 0 Å². The molecule has 0 spiro atoms. The number of para-hydroxylation sites is 2. The van der Waals surface area contributed by atoms with Gasteiger partial charge in [0, 0.05) is 49.2 Å². The molecule has 0 saturated carbocycles. The smallest absolute Gasteiger partial charge is 0.305 e. The minimum atomic E-state index is -0.0622. The molecular weight excluding hydrogens is 519 g/mol. The zero-order valence-corrected chi connectivity index (χ0v) is 22.8. The normalized spacial score (nSPS) is 14.6. The van der Waals surface area contributed by atoms with E-state index in [4.69, 9.17) is 23.2 Å². The number of benzene rings is 3. The maximum Gasteiger partial charge on any atom is 0.333 e. The number of anilines is 1. The summed E-state index contributed by atoms with van der Waals surface area (Å²) < 4.78 is 3.50.